The fourth-order valence-corrected chi connectivity index (χ4v) is 5.74. The average molecular weight is 513 g/mol. The molecule has 1 saturated carbocycles. The van der Waals surface area contributed by atoms with Crippen molar-refractivity contribution >= 4 is 27.0 Å². The van der Waals surface area contributed by atoms with Crippen LogP contribution in [0.5, 0.6) is 0 Å². The number of nitrogens with zero attached hydrogens (tertiary/aromatic N) is 1. The number of nitrogens with one attached hydrogen (secondary N) is 3. The van der Waals surface area contributed by atoms with Crippen molar-refractivity contribution in [2.75, 3.05) is 0 Å². The maximum Gasteiger partial charge on any atom is 0.329 e. The summed E-state index contributed by atoms with van der Waals surface area (Å²) in [6.07, 6.45) is 6.91. The molecule has 1 heterocycles. The number of hydrogen-bond acceptors (Lipinski definition) is 5. The third kappa shape index (κ3) is 5.87. The highest BCUT2D eigenvalue weighted by Crippen LogP contribution is 2.19. The molecule has 1 aliphatic carbocycles. The van der Waals surface area contributed by atoms with Crippen LogP contribution < -0.4 is 21.3 Å². The molecule has 9 nitrogen and oxygen atoms in total. The lowest BCUT2D eigenvalue weighted by Crippen LogP contribution is -2.44. The van der Waals surface area contributed by atoms with Gasteiger partial charge in [0, 0.05) is 12.1 Å². The van der Waals surface area contributed by atoms with E-state index in [4.69, 9.17) is 0 Å². The van der Waals surface area contributed by atoms with E-state index in [1.807, 2.05) is 6.92 Å². The molecule has 2 amide bonds. The molecule has 1 aliphatic rings. The number of H-pyrrole nitrogens is 1. The van der Waals surface area contributed by atoms with Gasteiger partial charge in [0.25, 0.3) is 15.6 Å². The van der Waals surface area contributed by atoms with Crippen molar-refractivity contribution in [3.63, 3.8) is 0 Å². The summed E-state index contributed by atoms with van der Waals surface area (Å²) < 4.78 is 28.8. The molecule has 0 saturated heterocycles. The van der Waals surface area contributed by atoms with Crippen molar-refractivity contribution < 1.29 is 13.2 Å². The van der Waals surface area contributed by atoms with Crippen LogP contribution in [0.2, 0.25) is 0 Å². The molecule has 2 aromatic carbocycles. The highest BCUT2D eigenvalue weighted by Gasteiger charge is 2.22. The van der Waals surface area contributed by atoms with Crippen molar-refractivity contribution in [3.05, 3.63) is 74.9 Å². The second-order valence-electron chi connectivity index (χ2n) is 9.33. The maximum atomic E-state index is 13.0. The fraction of sp³-hybridized carbons (Fsp3) is 0.423. The number of urea groups is 1. The van der Waals surface area contributed by atoms with Crippen LogP contribution in [0.15, 0.2) is 63.0 Å². The third-order valence-corrected chi connectivity index (χ3v) is 8.14. The van der Waals surface area contributed by atoms with Gasteiger partial charge in [0.05, 0.1) is 15.8 Å². The highest BCUT2D eigenvalue weighted by molar-refractivity contribution is 7.90. The van der Waals surface area contributed by atoms with Crippen LogP contribution in [0.25, 0.3) is 10.9 Å². The number of benzene rings is 2. The summed E-state index contributed by atoms with van der Waals surface area (Å²) in [5.41, 5.74) is 0.421. The number of aromatic nitrogens is 2. The number of aromatic amines is 1. The molecular weight excluding hydrogens is 480 g/mol. The Kier molecular flexibility index (Phi) is 7.93. The maximum absolute atomic E-state index is 13.0. The lowest BCUT2D eigenvalue weighted by molar-refractivity contribution is 0.240. The molecule has 1 aromatic heterocycles. The Hall–Kier alpha value is -3.40. The first kappa shape index (κ1) is 25.7. The Balaban J connectivity index is 1.47. The molecule has 0 aliphatic heterocycles. The molecule has 192 valence electrons. The van der Waals surface area contributed by atoms with Crippen molar-refractivity contribution in [1.82, 2.24) is 19.6 Å². The second-order valence-corrected chi connectivity index (χ2v) is 11.0. The van der Waals surface area contributed by atoms with Crippen LogP contribution in [-0.4, -0.2) is 30.0 Å². The zero-order valence-electron chi connectivity index (χ0n) is 20.3. The summed E-state index contributed by atoms with van der Waals surface area (Å²) in [4.78, 5) is 40.7. The molecule has 10 heteroatoms. The van der Waals surface area contributed by atoms with Crippen LogP contribution in [0.4, 0.5) is 4.79 Å². The minimum atomic E-state index is -4.03. The van der Waals surface area contributed by atoms with E-state index < -0.39 is 27.8 Å². The van der Waals surface area contributed by atoms with Crippen LogP contribution in [-0.2, 0) is 16.4 Å². The Morgan fingerprint density at radius 2 is 1.69 bits per heavy atom. The molecule has 3 aromatic rings. The van der Waals surface area contributed by atoms with Gasteiger partial charge in [-0.1, -0.05) is 56.9 Å². The number of para-hydroxylation sites is 1. The van der Waals surface area contributed by atoms with Gasteiger partial charge >= 0.3 is 11.7 Å². The predicted octanol–water partition coefficient (Wildman–Crippen LogP) is 3.59. The van der Waals surface area contributed by atoms with Crippen molar-refractivity contribution in [2.24, 2.45) is 0 Å². The van der Waals surface area contributed by atoms with E-state index in [9.17, 15) is 22.8 Å². The van der Waals surface area contributed by atoms with Crippen LogP contribution >= 0.6 is 0 Å². The molecule has 0 spiro atoms. The van der Waals surface area contributed by atoms with Gasteiger partial charge in [-0.15, -0.1) is 0 Å². The number of carbonyl (C=O) groups excluding carboxylic acids is 1. The number of rotatable bonds is 7. The van der Waals surface area contributed by atoms with E-state index in [1.165, 1.54) is 16.7 Å². The minimum absolute atomic E-state index is 0.0160. The van der Waals surface area contributed by atoms with Crippen molar-refractivity contribution in [2.45, 2.75) is 75.3 Å². The monoisotopic (exact) mass is 512 g/mol. The van der Waals surface area contributed by atoms with Gasteiger partial charge in [-0.25, -0.2) is 22.7 Å². The molecule has 1 fully saturated rings. The number of hydrogen-bond donors (Lipinski definition) is 3. The van der Waals surface area contributed by atoms with E-state index in [1.54, 1.807) is 36.4 Å². The molecule has 4 rings (SSSR count). The Morgan fingerprint density at radius 1 is 1.03 bits per heavy atom. The molecule has 0 radical (unpaired) electrons. The van der Waals surface area contributed by atoms with Crippen LogP contribution in [0.3, 0.4) is 0 Å². The van der Waals surface area contributed by atoms with E-state index >= 15 is 0 Å². The summed E-state index contributed by atoms with van der Waals surface area (Å²) in [6, 6.07) is 11.9. The van der Waals surface area contributed by atoms with Gasteiger partial charge in [-0.2, -0.15) is 0 Å². The van der Waals surface area contributed by atoms with Gasteiger partial charge < -0.3 is 10.3 Å². The molecule has 1 atom stereocenters. The number of carbonyl (C=O) groups is 1. The lowest BCUT2D eigenvalue weighted by atomic mass is 10.0. The largest absolute Gasteiger partial charge is 0.335 e. The first-order valence-electron chi connectivity index (χ1n) is 12.4. The average Bonchev–Trinajstić information content (AvgIpc) is 3.12. The van der Waals surface area contributed by atoms with E-state index in [0.717, 1.165) is 44.1 Å². The predicted molar refractivity (Wildman–Crippen MR) is 139 cm³/mol. The van der Waals surface area contributed by atoms with E-state index in [2.05, 4.69) is 15.0 Å². The Bertz CT molecular complexity index is 1440. The molecule has 1 unspecified atom stereocenters. The Labute approximate surface area is 210 Å². The first-order chi connectivity index (χ1) is 17.3. The van der Waals surface area contributed by atoms with Gasteiger partial charge in [0.1, 0.15) is 0 Å². The smallest absolute Gasteiger partial charge is 0.329 e. The van der Waals surface area contributed by atoms with Gasteiger partial charge in [-0.3, -0.25) is 9.36 Å². The zero-order chi connectivity index (χ0) is 25.7. The fourth-order valence-electron chi connectivity index (χ4n) is 4.82. The summed E-state index contributed by atoms with van der Waals surface area (Å²) in [5.74, 6) is 0. The lowest BCUT2D eigenvalue weighted by Gasteiger charge is -2.18. The summed E-state index contributed by atoms with van der Waals surface area (Å²) in [5, 5.41) is 3.21. The molecule has 36 heavy (non-hydrogen) atoms. The van der Waals surface area contributed by atoms with Crippen molar-refractivity contribution in [3.8, 4) is 0 Å². The molecular formula is C26H32N4O5S. The van der Waals surface area contributed by atoms with E-state index in [0.29, 0.717) is 23.7 Å². The number of sulfonamides is 1. The van der Waals surface area contributed by atoms with Crippen LogP contribution in [0, 0.1) is 0 Å². The zero-order valence-corrected chi connectivity index (χ0v) is 21.1. The standard InChI is InChI=1S/C26H32N4O5S/c1-2-20(30-24(31)22-11-7-8-12-23(22)28-26(30)33)17-18-13-15-21(16-14-18)36(34,35)29-25(32)27-19-9-5-3-4-6-10-19/h7-8,11-16,19-20H,2-6,9-10,17H2,1H3,(H,28,33)(H2,27,29,32). The van der Waals surface area contributed by atoms with E-state index in [-0.39, 0.29) is 16.5 Å². The highest BCUT2D eigenvalue weighted by atomic mass is 32.2. The van der Waals surface area contributed by atoms with Gasteiger partial charge in [0.2, 0.25) is 0 Å². The number of fused-ring (bicyclic) bond motifs is 1. The second kappa shape index (κ2) is 11.1. The topological polar surface area (TPSA) is 130 Å². The normalized spacial score (nSPS) is 15.8. The molecule has 0 bridgehead atoms. The number of amides is 2. The van der Waals surface area contributed by atoms with Crippen LogP contribution in [0.1, 0.15) is 63.5 Å². The first-order valence-corrected chi connectivity index (χ1v) is 13.9. The minimum Gasteiger partial charge on any atom is -0.335 e. The van der Waals surface area contributed by atoms with Crippen molar-refractivity contribution in [1.29, 1.82) is 0 Å². The summed E-state index contributed by atoms with van der Waals surface area (Å²) in [6.45, 7) is 1.89. The summed E-state index contributed by atoms with van der Waals surface area (Å²) >= 11 is 0. The third-order valence-electron chi connectivity index (χ3n) is 6.80. The molecule has 3 N–H and O–H groups in total. The quantitative estimate of drug-likeness (QED) is 0.417. The summed E-state index contributed by atoms with van der Waals surface area (Å²) in [7, 11) is -4.03. The SMILES string of the molecule is CCC(Cc1ccc(S(=O)(=O)NC(=O)NC2CCCCCC2)cc1)n1c(=O)[nH]c2ccccc2c1=O. The van der Waals surface area contributed by atoms with Gasteiger partial charge in [-0.05, 0) is 55.5 Å². The Morgan fingerprint density at radius 3 is 2.36 bits per heavy atom. The van der Waals surface area contributed by atoms with Gasteiger partial charge in [0.15, 0.2) is 0 Å².